The van der Waals surface area contributed by atoms with Crippen LogP contribution in [-0.4, -0.2) is 82.0 Å². The average molecular weight is 461 g/mol. The SMILES string of the molecule is Cc1ccc([C@@H]2O[C@H](CO)[C@@H](O)C(O)[C@H]2O)cc1Cc1ccc(OC2CCOCC2O)cc1. The van der Waals surface area contributed by atoms with Crippen molar-refractivity contribution in [2.45, 2.75) is 62.5 Å². The molecule has 2 aliphatic rings. The lowest BCUT2D eigenvalue weighted by molar-refractivity contribution is -0.231. The Bertz CT molecular complexity index is 915. The van der Waals surface area contributed by atoms with Crippen LogP contribution in [0.3, 0.4) is 0 Å². The molecule has 33 heavy (non-hydrogen) atoms. The molecule has 8 nitrogen and oxygen atoms in total. The van der Waals surface area contributed by atoms with Gasteiger partial charge in [0.25, 0.3) is 0 Å². The normalized spacial score (nSPS) is 32.5. The third kappa shape index (κ3) is 5.38. The van der Waals surface area contributed by atoms with E-state index in [4.69, 9.17) is 14.2 Å². The van der Waals surface area contributed by atoms with Crippen LogP contribution in [0.5, 0.6) is 5.75 Å². The van der Waals surface area contributed by atoms with Crippen LogP contribution in [0.1, 0.15) is 34.8 Å². The van der Waals surface area contributed by atoms with Crippen LogP contribution in [-0.2, 0) is 15.9 Å². The summed E-state index contributed by atoms with van der Waals surface area (Å²) in [6.07, 6.45) is -5.53. The van der Waals surface area contributed by atoms with Crippen molar-refractivity contribution in [2.24, 2.45) is 0 Å². The average Bonchev–Trinajstić information content (AvgIpc) is 2.82. The first-order valence-corrected chi connectivity index (χ1v) is 11.3. The van der Waals surface area contributed by atoms with Crippen molar-refractivity contribution in [2.75, 3.05) is 19.8 Å². The topological polar surface area (TPSA) is 129 Å². The van der Waals surface area contributed by atoms with Crippen molar-refractivity contribution in [1.82, 2.24) is 0 Å². The third-order valence-electron chi connectivity index (χ3n) is 6.46. The molecule has 2 heterocycles. The standard InChI is InChI=1S/C25H32O8/c1-14-2-5-16(25-24(30)23(29)22(28)21(12-26)33-25)11-17(14)10-15-3-6-18(7-4-15)32-20-8-9-31-13-19(20)27/h2-7,11,19-30H,8-10,12-13H2,1H3/t19?,20?,21-,22-,23?,24-,25+/m1/s1. The van der Waals surface area contributed by atoms with E-state index in [-0.39, 0.29) is 12.7 Å². The van der Waals surface area contributed by atoms with Gasteiger partial charge in [-0.2, -0.15) is 0 Å². The van der Waals surface area contributed by atoms with Crippen molar-refractivity contribution in [1.29, 1.82) is 0 Å². The molecule has 3 unspecified atom stereocenters. The molecule has 7 atom stereocenters. The number of benzene rings is 2. The van der Waals surface area contributed by atoms with Crippen LogP contribution in [0.4, 0.5) is 0 Å². The van der Waals surface area contributed by atoms with Gasteiger partial charge in [-0.1, -0.05) is 30.3 Å². The second-order valence-corrected chi connectivity index (χ2v) is 8.84. The Balaban J connectivity index is 1.47. The molecular formula is C25H32O8. The molecule has 0 radical (unpaired) electrons. The number of aliphatic hydroxyl groups is 5. The van der Waals surface area contributed by atoms with Crippen molar-refractivity contribution < 1.29 is 39.7 Å². The summed E-state index contributed by atoms with van der Waals surface area (Å²) >= 11 is 0. The lowest BCUT2D eigenvalue weighted by Crippen LogP contribution is -2.55. The highest BCUT2D eigenvalue weighted by Gasteiger charge is 2.44. The Morgan fingerprint density at radius 1 is 0.970 bits per heavy atom. The first-order chi connectivity index (χ1) is 15.9. The molecule has 0 saturated carbocycles. The van der Waals surface area contributed by atoms with Crippen molar-refractivity contribution in [3.63, 3.8) is 0 Å². The molecule has 2 aliphatic heterocycles. The summed E-state index contributed by atoms with van der Waals surface area (Å²) in [4.78, 5) is 0. The van der Waals surface area contributed by atoms with E-state index in [2.05, 4.69) is 0 Å². The summed E-state index contributed by atoms with van der Waals surface area (Å²) in [6.45, 7) is 2.40. The Morgan fingerprint density at radius 2 is 1.73 bits per heavy atom. The molecule has 2 aromatic rings. The van der Waals surface area contributed by atoms with Crippen LogP contribution >= 0.6 is 0 Å². The predicted octanol–water partition coefficient (Wildman–Crippen LogP) is 0.629. The van der Waals surface area contributed by atoms with Crippen molar-refractivity contribution in [3.8, 4) is 5.75 Å². The first kappa shape index (κ1) is 24.1. The summed E-state index contributed by atoms with van der Waals surface area (Å²) in [5.74, 6) is 0.691. The molecule has 2 saturated heterocycles. The molecule has 0 amide bonds. The minimum atomic E-state index is -1.41. The van der Waals surface area contributed by atoms with Gasteiger partial charge in [-0.3, -0.25) is 0 Å². The van der Waals surface area contributed by atoms with Gasteiger partial charge in [-0.05, 0) is 47.7 Å². The minimum absolute atomic E-state index is 0.276. The zero-order valence-electron chi connectivity index (χ0n) is 18.6. The van der Waals surface area contributed by atoms with Crippen LogP contribution in [0.2, 0.25) is 0 Å². The smallest absolute Gasteiger partial charge is 0.129 e. The van der Waals surface area contributed by atoms with E-state index < -0.39 is 43.2 Å². The minimum Gasteiger partial charge on any atom is -0.488 e. The highest BCUT2D eigenvalue weighted by atomic mass is 16.5. The molecule has 0 bridgehead atoms. The van der Waals surface area contributed by atoms with Gasteiger partial charge in [0.1, 0.15) is 48.5 Å². The van der Waals surface area contributed by atoms with Crippen LogP contribution < -0.4 is 4.74 Å². The van der Waals surface area contributed by atoms with Crippen molar-refractivity contribution >= 4 is 0 Å². The van der Waals surface area contributed by atoms with Gasteiger partial charge in [0.2, 0.25) is 0 Å². The molecule has 4 rings (SSSR count). The van der Waals surface area contributed by atoms with Gasteiger partial charge in [0.05, 0.1) is 19.8 Å². The second kappa shape index (κ2) is 10.5. The molecule has 0 aliphatic carbocycles. The lowest BCUT2D eigenvalue weighted by Gasteiger charge is -2.40. The Morgan fingerprint density at radius 3 is 2.42 bits per heavy atom. The van der Waals surface area contributed by atoms with Gasteiger partial charge in [-0.25, -0.2) is 0 Å². The van der Waals surface area contributed by atoms with Crippen LogP contribution in [0, 0.1) is 6.92 Å². The number of aliphatic hydroxyl groups excluding tert-OH is 5. The molecule has 8 heteroatoms. The molecule has 2 aromatic carbocycles. The Kier molecular flexibility index (Phi) is 7.65. The summed E-state index contributed by atoms with van der Waals surface area (Å²) in [5, 5.41) is 50.1. The van der Waals surface area contributed by atoms with Crippen LogP contribution in [0.25, 0.3) is 0 Å². The maximum Gasteiger partial charge on any atom is 0.129 e. The molecule has 180 valence electrons. The summed E-state index contributed by atoms with van der Waals surface area (Å²) in [7, 11) is 0. The fourth-order valence-electron chi connectivity index (χ4n) is 4.36. The summed E-state index contributed by atoms with van der Waals surface area (Å²) < 4.78 is 16.8. The van der Waals surface area contributed by atoms with E-state index in [0.717, 1.165) is 16.7 Å². The summed E-state index contributed by atoms with van der Waals surface area (Å²) in [6, 6.07) is 13.4. The Labute approximate surface area is 193 Å². The van der Waals surface area contributed by atoms with Crippen molar-refractivity contribution in [3.05, 3.63) is 64.7 Å². The molecule has 5 N–H and O–H groups in total. The van der Waals surface area contributed by atoms with Gasteiger partial charge < -0.3 is 39.7 Å². The lowest BCUT2D eigenvalue weighted by atomic mass is 9.89. The third-order valence-corrected chi connectivity index (χ3v) is 6.46. The zero-order chi connectivity index (χ0) is 23.5. The number of hydrogen-bond donors (Lipinski definition) is 5. The number of ether oxygens (including phenoxy) is 3. The quantitative estimate of drug-likeness (QED) is 0.425. The maximum atomic E-state index is 10.5. The monoisotopic (exact) mass is 460 g/mol. The van der Waals surface area contributed by atoms with Gasteiger partial charge in [-0.15, -0.1) is 0 Å². The number of hydrogen-bond acceptors (Lipinski definition) is 8. The summed E-state index contributed by atoms with van der Waals surface area (Å²) in [5.41, 5.74) is 3.82. The van der Waals surface area contributed by atoms with Gasteiger partial charge >= 0.3 is 0 Å². The van der Waals surface area contributed by atoms with E-state index in [1.807, 2.05) is 49.4 Å². The zero-order valence-corrected chi connectivity index (χ0v) is 18.6. The van der Waals surface area contributed by atoms with E-state index in [1.54, 1.807) is 0 Å². The van der Waals surface area contributed by atoms with Gasteiger partial charge in [0, 0.05) is 6.42 Å². The number of aryl methyl sites for hydroxylation is 1. The highest BCUT2D eigenvalue weighted by molar-refractivity contribution is 5.38. The predicted molar refractivity (Wildman–Crippen MR) is 119 cm³/mol. The fraction of sp³-hybridized carbons (Fsp3) is 0.520. The fourth-order valence-corrected chi connectivity index (χ4v) is 4.36. The molecular weight excluding hydrogens is 428 g/mol. The maximum absolute atomic E-state index is 10.5. The van der Waals surface area contributed by atoms with E-state index in [1.165, 1.54) is 0 Å². The Hall–Kier alpha value is -2.04. The highest BCUT2D eigenvalue weighted by Crippen LogP contribution is 2.33. The van der Waals surface area contributed by atoms with Crippen LogP contribution in [0.15, 0.2) is 42.5 Å². The van der Waals surface area contributed by atoms with Gasteiger partial charge in [0.15, 0.2) is 0 Å². The largest absolute Gasteiger partial charge is 0.488 e. The molecule has 0 aromatic heterocycles. The molecule has 2 fully saturated rings. The first-order valence-electron chi connectivity index (χ1n) is 11.3. The molecule has 0 spiro atoms. The van der Waals surface area contributed by atoms with E-state index in [9.17, 15) is 25.5 Å². The number of rotatable bonds is 6. The van der Waals surface area contributed by atoms with E-state index >= 15 is 0 Å². The second-order valence-electron chi connectivity index (χ2n) is 8.84. The van der Waals surface area contributed by atoms with E-state index in [0.29, 0.717) is 30.8 Å².